The summed E-state index contributed by atoms with van der Waals surface area (Å²) in [4.78, 5) is 12.1. The van der Waals surface area contributed by atoms with Gasteiger partial charge in [-0.3, -0.25) is 13.6 Å². The molecule has 0 saturated heterocycles. The maximum Gasteiger partial charge on any atom is 0.474 e. The molecule has 0 N–H and O–H groups in total. The highest BCUT2D eigenvalue weighted by molar-refractivity contribution is 7.48. The fourth-order valence-corrected chi connectivity index (χ4v) is 2.95. The van der Waals surface area contributed by atoms with Crippen LogP contribution in [0.5, 0.6) is 0 Å². The van der Waals surface area contributed by atoms with Gasteiger partial charge >= 0.3 is 13.8 Å². The van der Waals surface area contributed by atoms with Gasteiger partial charge in [-0.25, -0.2) is 9.36 Å². The van der Waals surface area contributed by atoms with E-state index >= 15 is 0 Å². The van der Waals surface area contributed by atoms with Gasteiger partial charge in [0.05, 0.1) is 26.4 Å². The van der Waals surface area contributed by atoms with Crippen molar-refractivity contribution in [2.75, 3.05) is 26.4 Å². The Morgan fingerprint density at radius 3 is 2.36 bits per heavy atom. The molecule has 0 aliphatic carbocycles. The third kappa shape index (κ3) is 8.43. The Hall–Kier alpha value is -1.50. The summed E-state index contributed by atoms with van der Waals surface area (Å²) in [7, 11) is -3.74. The molecule has 7 nitrogen and oxygen atoms in total. The molecule has 0 radical (unpaired) electrons. The highest BCUT2D eigenvalue weighted by atomic mass is 31.2. The molecule has 1 rings (SSSR count). The van der Waals surface area contributed by atoms with Crippen LogP contribution in [0.1, 0.15) is 19.4 Å². The first-order valence-corrected chi connectivity index (χ1v) is 9.47. The van der Waals surface area contributed by atoms with Crippen LogP contribution in [0.15, 0.2) is 43.0 Å². The van der Waals surface area contributed by atoms with E-state index in [0.29, 0.717) is 0 Å². The molecule has 8 heteroatoms. The lowest BCUT2D eigenvalue weighted by Crippen LogP contribution is -2.31. The number of esters is 1. The zero-order valence-corrected chi connectivity index (χ0v) is 15.5. The number of hydrogen-bond acceptors (Lipinski definition) is 7. The van der Waals surface area contributed by atoms with Crippen LogP contribution in [0.3, 0.4) is 0 Å². The smallest absolute Gasteiger partial charge is 0.459 e. The van der Waals surface area contributed by atoms with Crippen LogP contribution < -0.4 is 0 Å². The number of carbonyl (C=O) groups is 1. The van der Waals surface area contributed by atoms with E-state index in [1.54, 1.807) is 13.8 Å². The van der Waals surface area contributed by atoms with Crippen LogP contribution in [-0.2, 0) is 39.0 Å². The number of carbonyl (C=O) groups excluding carboxylic acids is 1. The summed E-state index contributed by atoms with van der Waals surface area (Å²) in [6, 6.07) is 9.32. The SMILES string of the molecule is C=CCOC(=O)[C@H](COP(=O)(OCC)OCC)OCc1ccccc1. The molecule has 0 aromatic heterocycles. The molecule has 0 bridgehead atoms. The molecule has 140 valence electrons. The Balaban J connectivity index is 2.70. The van der Waals surface area contributed by atoms with Crippen molar-refractivity contribution in [3.63, 3.8) is 0 Å². The average molecular weight is 372 g/mol. The predicted octanol–water partition coefficient (Wildman–Crippen LogP) is 3.50. The number of hydrogen-bond donors (Lipinski definition) is 0. The first kappa shape index (κ1) is 21.5. The van der Waals surface area contributed by atoms with Gasteiger partial charge < -0.3 is 9.47 Å². The average Bonchev–Trinajstić information content (AvgIpc) is 2.61. The van der Waals surface area contributed by atoms with Crippen molar-refractivity contribution in [2.24, 2.45) is 0 Å². The summed E-state index contributed by atoms with van der Waals surface area (Å²) in [5.41, 5.74) is 0.877. The Morgan fingerprint density at radius 2 is 1.80 bits per heavy atom. The van der Waals surface area contributed by atoms with Gasteiger partial charge in [0.2, 0.25) is 0 Å². The van der Waals surface area contributed by atoms with E-state index in [2.05, 4.69) is 6.58 Å². The maximum atomic E-state index is 12.3. The summed E-state index contributed by atoms with van der Waals surface area (Å²) in [5, 5.41) is 0. The van der Waals surface area contributed by atoms with Crippen LogP contribution in [0.25, 0.3) is 0 Å². The Labute approximate surface area is 148 Å². The van der Waals surface area contributed by atoms with E-state index < -0.39 is 19.9 Å². The molecule has 0 spiro atoms. The fraction of sp³-hybridized carbons (Fsp3) is 0.471. The van der Waals surface area contributed by atoms with Crippen molar-refractivity contribution in [1.82, 2.24) is 0 Å². The van der Waals surface area contributed by atoms with Gasteiger partial charge in [0.1, 0.15) is 6.61 Å². The standard InChI is InChI=1S/C17H25O7P/c1-4-12-20-17(18)16(21-13-15-10-8-7-9-11-15)14-24-25(19,22-5-2)23-6-3/h4,7-11,16H,1,5-6,12-14H2,2-3H3/t16-/m0/s1. The molecular formula is C17H25O7P. The van der Waals surface area contributed by atoms with E-state index in [-0.39, 0.29) is 33.0 Å². The van der Waals surface area contributed by atoms with Gasteiger partial charge in [0.25, 0.3) is 0 Å². The Bertz CT molecular complexity index is 551. The predicted molar refractivity (Wildman–Crippen MR) is 93.0 cm³/mol. The van der Waals surface area contributed by atoms with E-state index in [1.807, 2.05) is 30.3 Å². The molecule has 0 saturated carbocycles. The Morgan fingerprint density at radius 1 is 1.16 bits per heavy atom. The fourth-order valence-electron chi connectivity index (χ4n) is 1.78. The van der Waals surface area contributed by atoms with Crippen molar-refractivity contribution >= 4 is 13.8 Å². The largest absolute Gasteiger partial charge is 0.474 e. The normalized spacial score (nSPS) is 12.6. The lowest BCUT2D eigenvalue weighted by atomic mass is 10.2. The monoisotopic (exact) mass is 372 g/mol. The van der Waals surface area contributed by atoms with E-state index in [1.165, 1.54) is 6.08 Å². The quantitative estimate of drug-likeness (QED) is 0.298. The van der Waals surface area contributed by atoms with Gasteiger partial charge in [-0.05, 0) is 19.4 Å². The van der Waals surface area contributed by atoms with E-state index in [0.717, 1.165) is 5.56 Å². The molecule has 1 aromatic carbocycles. The molecular weight excluding hydrogens is 347 g/mol. The summed E-state index contributed by atoms with van der Waals surface area (Å²) in [6.07, 6.45) is 0.368. The van der Waals surface area contributed by atoms with Crippen molar-refractivity contribution in [2.45, 2.75) is 26.6 Å². The zero-order chi connectivity index (χ0) is 18.5. The van der Waals surface area contributed by atoms with Gasteiger partial charge in [0.15, 0.2) is 6.10 Å². The van der Waals surface area contributed by atoms with Crippen LogP contribution >= 0.6 is 7.82 Å². The molecule has 0 aliphatic heterocycles. The molecule has 0 heterocycles. The number of phosphoric ester groups is 1. The molecule has 1 atom stereocenters. The van der Waals surface area contributed by atoms with Crippen LogP contribution in [0.4, 0.5) is 0 Å². The summed E-state index contributed by atoms with van der Waals surface area (Å²) in [5.74, 6) is -0.643. The summed E-state index contributed by atoms with van der Waals surface area (Å²) >= 11 is 0. The molecule has 0 unspecified atom stereocenters. The third-order valence-corrected chi connectivity index (χ3v) is 4.47. The molecule has 1 aromatic rings. The minimum absolute atomic E-state index is 0.0403. The third-order valence-electron chi connectivity index (χ3n) is 2.86. The second kappa shape index (κ2) is 12.0. The molecule has 0 fully saturated rings. The van der Waals surface area contributed by atoms with E-state index in [9.17, 15) is 9.36 Å². The molecule has 0 aliphatic rings. The Kier molecular flexibility index (Phi) is 10.3. The highest BCUT2D eigenvalue weighted by Crippen LogP contribution is 2.49. The minimum atomic E-state index is -3.74. The van der Waals surface area contributed by atoms with Crippen molar-refractivity contribution in [1.29, 1.82) is 0 Å². The van der Waals surface area contributed by atoms with Crippen molar-refractivity contribution in [3.05, 3.63) is 48.6 Å². The van der Waals surface area contributed by atoms with Crippen LogP contribution in [0.2, 0.25) is 0 Å². The zero-order valence-electron chi connectivity index (χ0n) is 14.6. The van der Waals surface area contributed by atoms with Gasteiger partial charge in [0, 0.05) is 0 Å². The maximum absolute atomic E-state index is 12.3. The van der Waals surface area contributed by atoms with Gasteiger partial charge in [-0.2, -0.15) is 0 Å². The minimum Gasteiger partial charge on any atom is -0.459 e. The summed E-state index contributed by atoms with van der Waals surface area (Å²) in [6.45, 7) is 7.00. The molecule has 0 amide bonds. The second-order valence-electron chi connectivity index (χ2n) is 4.78. The molecule has 25 heavy (non-hydrogen) atoms. The number of benzene rings is 1. The second-order valence-corrected chi connectivity index (χ2v) is 6.45. The van der Waals surface area contributed by atoms with Gasteiger partial charge in [-0.1, -0.05) is 43.0 Å². The number of rotatable bonds is 13. The van der Waals surface area contributed by atoms with Crippen molar-refractivity contribution in [3.8, 4) is 0 Å². The lowest BCUT2D eigenvalue weighted by Gasteiger charge is -2.20. The van der Waals surface area contributed by atoms with E-state index in [4.69, 9.17) is 23.0 Å². The topological polar surface area (TPSA) is 80.3 Å². The highest BCUT2D eigenvalue weighted by Gasteiger charge is 2.30. The first-order valence-electron chi connectivity index (χ1n) is 8.01. The lowest BCUT2D eigenvalue weighted by molar-refractivity contribution is -0.159. The van der Waals surface area contributed by atoms with Crippen LogP contribution in [0, 0.1) is 0 Å². The first-order chi connectivity index (χ1) is 12.0. The van der Waals surface area contributed by atoms with Gasteiger partial charge in [-0.15, -0.1) is 0 Å². The number of ether oxygens (including phenoxy) is 2. The van der Waals surface area contributed by atoms with Crippen LogP contribution in [-0.4, -0.2) is 38.5 Å². The summed E-state index contributed by atoms with van der Waals surface area (Å²) < 4.78 is 38.2. The number of phosphoric acid groups is 1. The van der Waals surface area contributed by atoms with Crippen molar-refractivity contribution < 1.29 is 32.4 Å².